The van der Waals surface area contributed by atoms with Crippen molar-refractivity contribution in [2.75, 3.05) is 11.9 Å². The van der Waals surface area contributed by atoms with Crippen LogP contribution in [0.4, 0.5) is 5.69 Å². The highest BCUT2D eigenvalue weighted by atomic mass is 35.5. The van der Waals surface area contributed by atoms with Crippen molar-refractivity contribution in [2.45, 2.75) is 30.6 Å². The zero-order valence-corrected chi connectivity index (χ0v) is 11.8. The van der Waals surface area contributed by atoms with E-state index in [0.717, 1.165) is 0 Å². The van der Waals surface area contributed by atoms with Gasteiger partial charge in [-0.15, -0.1) is 0 Å². The smallest absolute Gasteiger partial charge is 0.157 e. The highest BCUT2D eigenvalue weighted by Crippen LogP contribution is 2.29. The van der Waals surface area contributed by atoms with Crippen LogP contribution in [0, 0.1) is 0 Å². The first kappa shape index (κ1) is 15.8. The summed E-state index contributed by atoms with van der Waals surface area (Å²) in [5.41, 5.74) is 0.445. The second-order valence-electron chi connectivity index (χ2n) is 4.52. The van der Waals surface area contributed by atoms with Crippen LogP contribution in [0.15, 0.2) is 18.2 Å². The molecule has 0 saturated carbocycles. The Bertz CT molecular complexity index is 473. The first-order valence-corrected chi connectivity index (χ1v) is 6.71. The van der Waals surface area contributed by atoms with Crippen molar-refractivity contribution in [3.63, 3.8) is 0 Å². The summed E-state index contributed by atoms with van der Waals surface area (Å²) in [7, 11) is 0. The summed E-state index contributed by atoms with van der Waals surface area (Å²) in [6, 6.07) is 4.70. The first-order chi connectivity index (χ1) is 9.43. The lowest BCUT2D eigenvalue weighted by Crippen LogP contribution is -2.60. The zero-order valence-electron chi connectivity index (χ0n) is 10.3. The Hall–Kier alpha value is -0.600. The van der Waals surface area contributed by atoms with Gasteiger partial charge in [-0.2, -0.15) is 0 Å². The molecule has 2 rings (SSSR count). The molecule has 0 bridgehead atoms. The third-order valence-electron chi connectivity index (χ3n) is 3.12. The van der Waals surface area contributed by atoms with Crippen molar-refractivity contribution in [3.8, 4) is 0 Å². The predicted octanol–water partition coefficient (Wildman–Crippen LogP) is 0.205. The lowest BCUT2D eigenvalue weighted by Gasteiger charge is -2.40. The summed E-state index contributed by atoms with van der Waals surface area (Å²) in [5, 5.41) is 41.9. The molecule has 1 fully saturated rings. The molecule has 1 aromatic carbocycles. The van der Waals surface area contributed by atoms with E-state index >= 15 is 0 Å². The van der Waals surface area contributed by atoms with Crippen molar-refractivity contribution >= 4 is 28.9 Å². The maximum atomic E-state index is 9.88. The van der Waals surface area contributed by atoms with Crippen molar-refractivity contribution in [2.24, 2.45) is 0 Å². The van der Waals surface area contributed by atoms with Crippen LogP contribution in [0.5, 0.6) is 0 Å². The van der Waals surface area contributed by atoms with E-state index < -0.39 is 37.3 Å². The largest absolute Gasteiger partial charge is 0.394 e. The highest BCUT2D eigenvalue weighted by Gasteiger charge is 2.43. The van der Waals surface area contributed by atoms with Gasteiger partial charge in [0.15, 0.2) is 6.23 Å². The Balaban J connectivity index is 2.15. The summed E-state index contributed by atoms with van der Waals surface area (Å²) in [6.07, 6.45) is -6.21. The van der Waals surface area contributed by atoms with Crippen LogP contribution < -0.4 is 5.32 Å². The van der Waals surface area contributed by atoms with Crippen LogP contribution in [-0.2, 0) is 4.74 Å². The molecule has 0 radical (unpaired) electrons. The van der Waals surface area contributed by atoms with E-state index in [0.29, 0.717) is 15.7 Å². The van der Waals surface area contributed by atoms with Crippen LogP contribution >= 0.6 is 23.2 Å². The summed E-state index contributed by atoms with van der Waals surface area (Å²) >= 11 is 11.8. The molecular formula is C12H15Cl2NO5. The number of hydrogen-bond acceptors (Lipinski definition) is 6. The summed E-state index contributed by atoms with van der Waals surface area (Å²) in [4.78, 5) is 0. The molecule has 5 atom stereocenters. The fourth-order valence-electron chi connectivity index (χ4n) is 1.98. The van der Waals surface area contributed by atoms with Gasteiger partial charge in [-0.05, 0) is 18.2 Å². The number of aliphatic hydroxyl groups is 4. The number of anilines is 1. The van der Waals surface area contributed by atoms with Gasteiger partial charge in [-0.25, -0.2) is 0 Å². The molecule has 0 aromatic heterocycles. The topological polar surface area (TPSA) is 102 Å². The minimum atomic E-state index is -1.44. The number of hydrogen-bond donors (Lipinski definition) is 5. The Kier molecular flexibility index (Phi) is 5.09. The molecule has 1 aliphatic heterocycles. The Morgan fingerprint density at radius 3 is 2.40 bits per heavy atom. The van der Waals surface area contributed by atoms with Crippen LogP contribution in [0.3, 0.4) is 0 Å². The number of nitrogens with one attached hydrogen (secondary N) is 1. The third-order valence-corrected chi connectivity index (χ3v) is 3.67. The number of halogens is 2. The predicted molar refractivity (Wildman–Crippen MR) is 73.9 cm³/mol. The molecule has 0 aliphatic carbocycles. The summed E-state index contributed by atoms with van der Waals surface area (Å²) in [5.74, 6) is 0. The number of ether oxygens (including phenoxy) is 1. The van der Waals surface area contributed by atoms with Gasteiger partial charge < -0.3 is 30.5 Å². The quantitative estimate of drug-likeness (QED) is 0.545. The van der Waals surface area contributed by atoms with Crippen molar-refractivity contribution in [3.05, 3.63) is 28.2 Å². The normalized spacial score (nSPS) is 34.0. The molecule has 8 heteroatoms. The molecule has 1 aliphatic rings. The Labute approximate surface area is 125 Å². The van der Waals surface area contributed by atoms with Crippen LogP contribution in [0.2, 0.25) is 10.0 Å². The standard InChI is InChI=1S/C12H15Cl2NO5/c13-5-1-2-7(6(14)3-5)15-12-11(19)10(18)9(17)8(4-16)20-12/h1-3,8-12,15-19H,4H2/t8-,9-,10+,11-,12?/m1/s1. The summed E-state index contributed by atoms with van der Waals surface area (Å²) < 4.78 is 5.31. The molecule has 0 spiro atoms. The minimum absolute atomic E-state index is 0.314. The fourth-order valence-corrected chi connectivity index (χ4v) is 2.44. The lowest BCUT2D eigenvalue weighted by atomic mass is 9.98. The molecule has 1 heterocycles. The summed E-state index contributed by atoms with van der Waals surface area (Å²) in [6.45, 7) is -0.489. The maximum Gasteiger partial charge on any atom is 0.157 e. The molecule has 5 N–H and O–H groups in total. The first-order valence-electron chi connectivity index (χ1n) is 5.96. The maximum absolute atomic E-state index is 9.88. The molecule has 1 unspecified atom stereocenters. The van der Waals surface area contributed by atoms with Gasteiger partial charge in [0.2, 0.25) is 0 Å². The van der Waals surface area contributed by atoms with E-state index in [2.05, 4.69) is 5.32 Å². The van der Waals surface area contributed by atoms with Crippen molar-refractivity contribution in [1.82, 2.24) is 0 Å². The lowest BCUT2D eigenvalue weighted by molar-refractivity contribution is -0.221. The van der Waals surface area contributed by atoms with E-state index in [9.17, 15) is 15.3 Å². The molecule has 0 amide bonds. The molecule has 112 valence electrons. The number of benzene rings is 1. The molecule has 6 nitrogen and oxygen atoms in total. The van der Waals surface area contributed by atoms with Crippen molar-refractivity contribution < 1.29 is 25.2 Å². The van der Waals surface area contributed by atoms with E-state index in [1.807, 2.05) is 0 Å². The van der Waals surface area contributed by atoms with Crippen LogP contribution in [-0.4, -0.2) is 57.7 Å². The van der Waals surface area contributed by atoms with Gasteiger partial charge in [-0.1, -0.05) is 23.2 Å². The minimum Gasteiger partial charge on any atom is -0.394 e. The molecule has 1 aromatic rings. The van der Waals surface area contributed by atoms with Gasteiger partial charge >= 0.3 is 0 Å². The molecule has 20 heavy (non-hydrogen) atoms. The Morgan fingerprint density at radius 1 is 1.10 bits per heavy atom. The SMILES string of the molecule is OC[C@H]1OC(Nc2ccc(Cl)cc2Cl)[C@H](O)[C@@H](O)[C@@H]1O. The van der Waals surface area contributed by atoms with Gasteiger partial charge in [0, 0.05) is 5.02 Å². The van der Waals surface area contributed by atoms with Crippen LogP contribution in [0.1, 0.15) is 0 Å². The molecule has 1 saturated heterocycles. The zero-order chi connectivity index (χ0) is 14.9. The van der Waals surface area contributed by atoms with Gasteiger partial charge in [0.25, 0.3) is 0 Å². The van der Waals surface area contributed by atoms with Gasteiger partial charge in [0.1, 0.15) is 24.4 Å². The van der Waals surface area contributed by atoms with E-state index in [1.165, 1.54) is 6.07 Å². The fraction of sp³-hybridized carbons (Fsp3) is 0.500. The number of aliphatic hydroxyl groups excluding tert-OH is 4. The third kappa shape index (κ3) is 3.17. The average Bonchev–Trinajstić information content (AvgIpc) is 2.42. The monoisotopic (exact) mass is 323 g/mol. The van der Waals surface area contributed by atoms with E-state index in [1.54, 1.807) is 12.1 Å². The second kappa shape index (κ2) is 6.44. The second-order valence-corrected chi connectivity index (χ2v) is 5.36. The van der Waals surface area contributed by atoms with E-state index in [4.69, 9.17) is 33.0 Å². The average molecular weight is 324 g/mol. The van der Waals surface area contributed by atoms with Crippen LogP contribution in [0.25, 0.3) is 0 Å². The Morgan fingerprint density at radius 2 is 1.80 bits per heavy atom. The van der Waals surface area contributed by atoms with Gasteiger partial charge in [0.05, 0.1) is 17.3 Å². The number of rotatable bonds is 3. The molecular weight excluding hydrogens is 309 g/mol. The van der Waals surface area contributed by atoms with E-state index in [-0.39, 0.29) is 0 Å². The highest BCUT2D eigenvalue weighted by molar-refractivity contribution is 6.36. The van der Waals surface area contributed by atoms with Gasteiger partial charge in [-0.3, -0.25) is 0 Å². The van der Waals surface area contributed by atoms with Crippen molar-refractivity contribution in [1.29, 1.82) is 0 Å².